The second-order valence-electron chi connectivity index (χ2n) is 8.02. The van der Waals surface area contributed by atoms with Gasteiger partial charge in [0.2, 0.25) is 0 Å². The van der Waals surface area contributed by atoms with Crippen LogP contribution >= 0.6 is 11.5 Å². The molecule has 0 fully saturated rings. The Bertz CT molecular complexity index is 1250. The Morgan fingerprint density at radius 2 is 1.67 bits per heavy atom. The van der Waals surface area contributed by atoms with Crippen molar-refractivity contribution in [3.63, 3.8) is 0 Å². The van der Waals surface area contributed by atoms with Crippen LogP contribution in [-0.4, -0.2) is 17.5 Å². The van der Waals surface area contributed by atoms with Gasteiger partial charge in [-0.1, -0.05) is 41.9 Å². The molecular weight excluding hydrogens is 432 g/mol. The van der Waals surface area contributed by atoms with Crippen LogP contribution in [0.15, 0.2) is 70.8 Å². The summed E-state index contributed by atoms with van der Waals surface area (Å²) in [5.41, 5.74) is 12.9. The molecule has 170 valence electrons. The molecule has 0 aliphatic rings. The summed E-state index contributed by atoms with van der Waals surface area (Å²) in [7, 11) is 0. The van der Waals surface area contributed by atoms with Gasteiger partial charge >= 0.3 is 0 Å². The molecule has 0 amide bonds. The van der Waals surface area contributed by atoms with E-state index in [1.165, 1.54) is 28.2 Å². The van der Waals surface area contributed by atoms with E-state index in [9.17, 15) is 4.79 Å². The number of ether oxygens (including phenoxy) is 2. The smallest absolute Gasteiger partial charge is 0.265 e. The molecule has 0 aliphatic carbocycles. The zero-order valence-electron chi connectivity index (χ0n) is 18.9. The third kappa shape index (κ3) is 5.53. The van der Waals surface area contributed by atoms with Crippen LogP contribution in [0.4, 0.5) is 0 Å². The molecule has 4 rings (SSSR count). The molecule has 6 heteroatoms. The van der Waals surface area contributed by atoms with Crippen LogP contribution in [0.25, 0.3) is 22.3 Å². The molecule has 0 spiro atoms. The van der Waals surface area contributed by atoms with Crippen molar-refractivity contribution in [2.45, 2.75) is 26.9 Å². The first-order chi connectivity index (χ1) is 16.0. The quantitative estimate of drug-likeness (QED) is 0.314. The molecule has 0 saturated carbocycles. The van der Waals surface area contributed by atoms with Crippen molar-refractivity contribution >= 4 is 11.5 Å². The molecule has 0 saturated heterocycles. The Hall–Kier alpha value is -3.35. The molecule has 5 nitrogen and oxygen atoms in total. The largest absolute Gasteiger partial charge is 0.494 e. The number of nitrogens with two attached hydrogens (primary N) is 1. The van der Waals surface area contributed by atoms with Gasteiger partial charge in [0.05, 0.1) is 12.2 Å². The summed E-state index contributed by atoms with van der Waals surface area (Å²) < 4.78 is 14.5. The highest BCUT2D eigenvalue weighted by Gasteiger charge is 2.10. The maximum absolute atomic E-state index is 11.8. The normalized spacial score (nSPS) is 10.9. The minimum absolute atomic E-state index is 0.0637. The number of hydrogen-bond acceptors (Lipinski definition) is 5. The average Bonchev–Trinajstić information content (AvgIpc) is 3.24. The predicted octanol–water partition coefficient (Wildman–Crippen LogP) is 5.69. The van der Waals surface area contributed by atoms with Gasteiger partial charge in [0.25, 0.3) is 5.56 Å². The monoisotopic (exact) mass is 460 g/mol. The van der Waals surface area contributed by atoms with Crippen LogP contribution in [-0.2, 0) is 6.61 Å². The zero-order valence-corrected chi connectivity index (χ0v) is 19.7. The number of benzene rings is 3. The Morgan fingerprint density at radius 3 is 2.33 bits per heavy atom. The van der Waals surface area contributed by atoms with Crippen LogP contribution < -0.4 is 20.8 Å². The standard InChI is InChI=1S/C27H28N2O3S/c1-18-13-24(31-12-4-11-28)14-19(2)26(18)22-6-3-5-20(15-22)16-32-23-9-7-21(8-10-23)25-17-33-29-27(25)30/h3,5-10,13-15,17H,4,11-12,16,28H2,1-2H3,(H,29,30). The highest BCUT2D eigenvalue weighted by Crippen LogP contribution is 2.32. The van der Waals surface area contributed by atoms with E-state index in [0.29, 0.717) is 25.3 Å². The van der Waals surface area contributed by atoms with Gasteiger partial charge in [-0.15, -0.1) is 0 Å². The van der Waals surface area contributed by atoms with Gasteiger partial charge in [-0.3, -0.25) is 9.17 Å². The van der Waals surface area contributed by atoms with Gasteiger partial charge < -0.3 is 15.2 Å². The van der Waals surface area contributed by atoms with Gasteiger partial charge in [-0.25, -0.2) is 0 Å². The van der Waals surface area contributed by atoms with Crippen LogP contribution in [0.3, 0.4) is 0 Å². The third-order valence-corrected chi connectivity index (χ3v) is 6.14. The highest BCUT2D eigenvalue weighted by molar-refractivity contribution is 7.03. The van der Waals surface area contributed by atoms with Crippen molar-refractivity contribution in [3.8, 4) is 33.8 Å². The molecule has 0 unspecified atom stereocenters. The minimum Gasteiger partial charge on any atom is -0.494 e. The number of rotatable bonds is 9. The summed E-state index contributed by atoms with van der Waals surface area (Å²) in [4.78, 5) is 11.8. The molecular formula is C27H28N2O3S. The van der Waals surface area contributed by atoms with E-state index in [-0.39, 0.29) is 5.56 Å². The molecule has 0 aliphatic heterocycles. The highest BCUT2D eigenvalue weighted by atomic mass is 32.1. The van der Waals surface area contributed by atoms with Gasteiger partial charge in [0.15, 0.2) is 0 Å². The van der Waals surface area contributed by atoms with Crippen LogP contribution in [0.2, 0.25) is 0 Å². The van der Waals surface area contributed by atoms with Crippen molar-refractivity contribution in [1.82, 2.24) is 4.37 Å². The lowest BCUT2D eigenvalue weighted by molar-refractivity contribution is 0.306. The molecule has 0 bridgehead atoms. The molecule has 0 atom stereocenters. The van der Waals surface area contributed by atoms with E-state index in [1.54, 1.807) is 0 Å². The lowest BCUT2D eigenvalue weighted by atomic mass is 9.94. The summed E-state index contributed by atoms with van der Waals surface area (Å²) in [6.45, 7) is 5.95. The maximum atomic E-state index is 11.8. The molecule has 1 heterocycles. The summed E-state index contributed by atoms with van der Waals surface area (Å²) in [6, 6.07) is 20.2. The lowest BCUT2D eigenvalue weighted by Crippen LogP contribution is -2.06. The minimum atomic E-state index is -0.0637. The number of aryl methyl sites for hydroxylation is 2. The topological polar surface area (TPSA) is 77.3 Å². The van der Waals surface area contributed by atoms with Crippen molar-refractivity contribution in [3.05, 3.63) is 93.1 Å². The van der Waals surface area contributed by atoms with Crippen LogP contribution in [0.5, 0.6) is 11.5 Å². The second kappa shape index (κ2) is 10.5. The first-order valence-electron chi connectivity index (χ1n) is 11.0. The fourth-order valence-electron chi connectivity index (χ4n) is 3.90. The van der Waals surface area contributed by atoms with E-state index < -0.39 is 0 Å². The van der Waals surface area contributed by atoms with Crippen LogP contribution in [0, 0.1) is 13.8 Å². The molecule has 33 heavy (non-hydrogen) atoms. The summed E-state index contributed by atoms with van der Waals surface area (Å²) in [5, 5.41) is 1.83. The molecule has 3 N–H and O–H groups in total. The van der Waals surface area contributed by atoms with Gasteiger partial charge in [-0.2, -0.15) is 0 Å². The number of aromatic nitrogens is 1. The number of nitrogens with one attached hydrogen (secondary N) is 1. The number of hydrogen-bond donors (Lipinski definition) is 2. The van der Waals surface area contributed by atoms with Crippen molar-refractivity contribution < 1.29 is 9.47 Å². The number of H-pyrrole nitrogens is 1. The van der Waals surface area contributed by atoms with E-state index >= 15 is 0 Å². The first-order valence-corrected chi connectivity index (χ1v) is 11.9. The first kappa shape index (κ1) is 22.8. The second-order valence-corrected chi connectivity index (χ2v) is 8.69. The molecule has 3 aromatic carbocycles. The summed E-state index contributed by atoms with van der Waals surface area (Å²) >= 11 is 1.30. The van der Waals surface area contributed by atoms with E-state index in [1.807, 2.05) is 29.6 Å². The van der Waals surface area contributed by atoms with Gasteiger partial charge in [-0.05, 0) is 90.5 Å². The fourth-order valence-corrected chi connectivity index (χ4v) is 4.54. The molecule has 1 aromatic heterocycles. The molecule has 0 radical (unpaired) electrons. The SMILES string of the molecule is Cc1cc(OCCCN)cc(C)c1-c1cccc(COc2ccc(-c3cs[nH]c3=O)cc2)c1. The van der Waals surface area contributed by atoms with Crippen molar-refractivity contribution in [1.29, 1.82) is 0 Å². The van der Waals surface area contributed by atoms with Crippen LogP contribution in [0.1, 0.15) is 23.1 Å². The summed E-state index contributed by atoms with van der Waals surface area (Å²) in [6.07, 6.45) is 0.844. The Kier molecular flexibility index (Phi) is 7.27. The fraction of sp³-hybridized carbons (Fsp3) is 0.222. The maximum Gasteiger partial charge on any atom is 0.265 e. The summed E-state index contributed by atoms with van der Waals surface area (Å²) in [5.74, 6) is 1.65. The van der Waals surface area contributed by atoms with E-state index in [0.717, 1.165) is 34.6 Å². The average molecular weight is 461 g/mol. The Balaban J connectivity index is 1.46. The van der Waals surface area contributed by atoms with E-state index in [2.05, 4.69) is 54.6 Å². The predicted molar refractivity (Wildman–Crippen MR) is 135 cm³/mol. The van der Waals surface area contributed by atoms with Gasteiger partial charge in [0.1, 0.15) is 18.1 Å². The zero-order chi connectivity index (χ0) is 23.2. The van der Waals surface area contributed by atoms with Crippen molar-refractivity contribution in [2.75, 3.05) is 13.2 Å². The van der Waals surface area contributed by atoms with Crippen molar-refractivity contribution in [2.24, 2.45) is 5.73 Å². The Labute approximate surface area is 198 Å². The lowest BCUT2D eigenvalue weighted by Gasteiger charge is -2.15. The Morgan fingerprint density at radius 1 is 0.909 bits per heavy atom. The number of aromatic amines is 1. The third-order valence-electron chi connectivity index (χ3n) is 5.48. The van der Waals surface area contributed by atoms with Gasteiger partial charge in [0, 0.05) is 5.38 Å². The molecule has 4 aromatic rings. The van der Waals surface area contributed by atoms with E-state index in [4.69, 9.17) is 15.2 Å².